The van der Waals surface area contributed by atoms with Gasteiger partial charge in [0.1, 0.15) is 11.0 Å². The average molecular weight is 402 g/mol. The van der Waals surface area contributed by atoms with Gasteiger partial charge in [0.2, 0.25) is 0 Å². The highest BCUT2D eigenvalue weighted by Crippen LogP contribution is 2.36. The van der Waals surface area contributed by atoms with E-state index in [0.717, 1.165) is 11.1 Å². The Hall–Kier alpha value is -2.63. The third kappa shape index (κ3) is 3.36. The first-order valence-electron chi connectivity index (χ1n) is 8.22. The number of aromatic nitrogens is 2. The van der Waals surface area contributed by atoms with Gasteiger partial charge in [-0.3, -0.25) is 4.79 Å². The van der Waals surface area contributed by atoms with Crippen LogP contribution in [-0.4, -0.2) is 15.7 Å². The zero-order chi connectivity index (χ0) is 19.1. The second kappa shape index (κ2) is 6.83. The molecule has 4 rings (SSSR count). The van der Waals surface area contributed by atoms with Crippen LogP contribution in [0.25, 0.3) is 11.6 Å². The predicted octanol–water partition coefficient (Wildman–Crippen LogP) is 5.18. The first-order chi connectivity index (χ1) is 12.9. The van der Waals surface area contributed by atoms with Gasteiger partial charge in [-0.15, -0.1) is 0 Å². The van der Waals surface area contributed by atoms with Crippen LogP contribution in [0.15, 0.2) is 42.5 Å². The fourth-order valence-corrected chi connectivity index (χ4v) is 3.51. The van der Waals surface area contributed by atoms with E-state index >= 15 is 0 Å². The summed E-state index contributed by atoms with van der Waals surface area (Å²) in [7, 11) is 0. The van der Waals surface area contributed by atoms with E-state index in [4.69, 9.17) is 23.2 Å². The smallest absolute Gasteiger partial charge is 0.256 e. The summed E-state index contributed by atoms with van der Waals surface area (Å²) in [6.07, 6.45) is 1.73. The Bertz CT molecular complexity index is 1090. The van der Waals surface area contributed by atoms with E-state index in [-0.39, 0.29) is 11.7 Å². The molecule has 4 nitrogen and oxygen atoms in total. The molecule has 7 heteroatoms. The Morgan fingerprint density at radius 1 is 1.19 bits per heavy atom. The van der Waals surface area contributed by atoms with Crippen molar-refractivity contribution in [2.45, 2.75) is 13.5 Å². The number of aryl methyl sites for hydroxylation is 1. The lowest BCUT2D eigenvalue weighted by atomic mass is 10.0. The quantitative estimate of drug-likeness (QED) is 0.614. The molecule has 2 aromatic carbocycles. The molecule has 0 unspecified atom stereocenters. The summed E-state index contributed by atoms with van der Waals surface area (Å²) >= 11 is 12.6. The molecule has 3 aromatic rings. The monoisotopic (exact) mass is 401 g/mol. The minimum atomic E-state index is -0.295. The maximum absolute atomic E-state index is 13.1. The summed E-state index contributed by atoms with van der Waals surface area (Å²) in [5, 5.41) is 8.23. The highest BCUT2D eigenvalue weighted by Gasteiger charge is 2.25. The van der Waals surface area contributed by atoms with Gasteiger partial charge in [0, 0.05) is 27.4 Å². The van der Waals surface area contributed by atoms with E-state index < -0.39 is 0 Å². The number of fused-ring (bicyclic) bond motifs is 1. The Labute approximate surface area is 165 Å². The highest BCUT2D eigenvalue weighted by molar-refractivity contribution is 6.38. The first kappa shape index (κ1) is 17.8. The summed E-state index contributed by atoms with van der Waals surface area (Å²) in [6, 6.07) is 11.4. The van der Waals surface area contributed by atoms with Crippen LogP contribution >= 0.6 is 23.2 Å². The molecule has 1 N–H and O–H groups in total. The minimum Gasteiger partial charge on any atom is -0.321 e. The number of rotatable bonds is 3. The fraction of sp³-hybridized carbons (Fsp3) is 0.100. The molecule has 0 saturated heterocycles. The van der Waals surface area contributed by atoms with Gasteiger partial charge in [0.05, 0.1) is 12.2 Å². The summed E-state index contributed by atoms with van der Waals surface area (Å²) < 4.78 is 14.7. The van der Waals surface area contributed by atoms with Crippen molar-refractivity contribution in [3.8, 4) is 0 Å². The number of benzene rings is 2. The topological polar surface area (TPSA) is 46.9 Å². The van der Waals surface area contributed by atoms with Gasteiger partial charge in [0.25, 0.3) is 5.91 Å². The van der Waals surface area contributed by atoms with Gasteiger partial charge in [-0.25, -0.2) is 9.07 Å². The summed E-state index contributed by atoms with van der Waals surface area (Å²) in [6.45, 7) is 2.23. The number of hydrogen-bond donors (Lipinski definition) is 1. The molecule has 0 saturated carbocycles. The van der Waals surface area contributed by atoms with E-state index in [0.29, 0.717) is 39.2 Å². The molecule has 0 spiro atoms. The van der Waals surface area contributed by atoms with Gasteiger partial charge in [-0.05, 0) is 48.9 Å². The third-order valence-corrected chi connectivity index (χ3v) is 5.04. The van der Waals surface area contributed by atoms with E-state index in [1.807, 2.05) is 6.92 Å². The molecule has 27 heavy (non-hydrogen) atoms. The van der Waals surface area contributed by atoms with Gasteiger partial charge < -0.3 is 5.32 Å². The van der Waals surface area contributed by atoms with Crippen LogP contribution < -0.4 is 5.32 Å². The van der Waals surface area contributed by atoms with Crippen LogP contribution in [0, 0.1) is 12.7 Å². The molecule has 0 bridgehead atoms. The van der Waals surface area contributed by atoms with Gasteiger partial charge in [0.15, 0.2) is 0 Å². The highest BCUT2D eigenvalue weighted by atomic mass is 35.5. The predicted molar refractivity (Wildman–Crippen MR) is 105 cm³/mol. The van der Waals surface area contributed by atoms with Crippen molar-refractivity contribution in [1.82, 2.24) is 9.78 Å². The minimum absolute atomic E-state index is 0.214. The number of nitrogens with one attached hydrogen (secondary N) is 1. The fourth-order valence-electron chi connectivity index (χ4n) is 3.05. The SMILES string of the molecule is Cc1nn(Cc2ccc(F)cc2)c(Cl)c1C=C1C(=O)Nc2ccc(Cl)cc21. The van der Waals surface area contributed by atoms with Crippen molar-refractivity contribution in [2.75, 3.05) is 5.32 Å². The largest absolute Gasteiger partial charge is 0.321 e. The lowest BCUT2D eigenvalue weighted by Crippen LogP contribution is -2.03. The zero-order valence-electron chi connectivity index (χ0n) is 14.3. The number of carbonyl (C=O) groups excluding carboxylic acids is 1. The third-order valence-electron chi connectivity index (χ3n) is 4.41. The maximum Gasteiger partial charge on any atom is 0.256 e. The molecule has 2 heterocycles. The summed E-state index contributed by atoms with van der Waals surface area (Å²) in [4.78, 5) is 12.4. The Morgan fingerprint density at radius 2 is 1.93 bits per heavy atom. The number of amides is 1. The number of hydrogen-bond acceptors (Lipinski definition) is 2. The molecule has 136 valence electrons. The number of halogens is 3. The summed E-state index contributed by atoms with van der Waals surface area (Å²) in [5.74, 6) is -0.509. The lowest BCUT2D eigenvalue weighted by Gasteiger charge is -2.04. The maximum atomic E-state index is 13.1. The van der Waals surface area contributed by atoms with Crippen LogP contribution in [0.4, 0.5) is 10.1 Å². The molecule has 0 atom stereocenters. The van der Waals surface area contributed by atoms with E-state index in [1.54, 1.807) is 41.1 Å². The normalized spacial score (nSPS) is 14.5. The molecular weight excluding hydrogens is 388 g/mol. The molecule has 1 amide bonds. The number of carbonyl (C=O) groups is 1. The first-order valence-corrected chi connectivity index (χ1v) is 8.98. The van der Waals surface area contributed by atoms with Crippen molar-refractivity contribution < 1.29 is 9.18 Å². The Kier molecular flexibility index (Phi) is 4.50. The average Bonchev–Trinajstić information content (AvgIpc) is 3.08. The van der Waals surface area contributed by atoms with Crippen molar-refractivity contribution in [3.05, 3.63) is 80.8 Å². The zero-order valence-corrected chi connectivity index (χ0v) is 15.8. The molecule has 0 fully saturated rings. The van der Waals surface area contributed by atoms with Crippen LogP contribution in [-0.2, 0) is 11.3 Å². The van der Waals surface area contributed by atoms with Gasteiger partial charge in [-0.2, -0.15) is 5.10 Å². The van der Waals surface area contributed by atoms with Gasteiger partial charge in [-0.1, -0.05) is 35.3 Å². The van der Waals surface area contributed by atoms with Crippen molar-refractivity contribution >= 4 is 46.4 Å². The molecule has 0 radical (unpaired) electrons. The second-order valence-electron chi connectivity index (χ2n) is 6.28. The van der Waals surface area contributed by atoms with Crippen LogP contribution in [0.3, 0.4) is 0 Å². The van der Waals surface area contributed by atoms with E-state index in [2.05, 4.69) is 10.4 Å². The van der Waals surface area contributed by atoms with Crippen LogP contribution in [0.5, 0.6) is 0 Å². The molecular formula is C20H14Cl2FN3O. The van der Waals surface area contributed by atoms with Gasteiger partial charge >= 0.3 is 0 Å². The van der Waals surface area contributed by atoms with Crippen LogP contribution in [0.1, 0.15) is 22.4 Å². The standard InChI is InChI=1S/C20H14Cl2FN3O/c1-11-15(9-17-16-8-13(21)4-7-18(16)24-20(17)27)19(22)26(25-11)10-12-2-5-14(23)6-3-12/h2-9H,10H2,1H3,(H,24,27). The van der Waals surface area contributed by atoms with Crippen molar-refractivity contribution in [3.63, 3.8) is 0 Å². The lowest BCUT2D eigenvalue weighted by molar-refractivity contribution is -0.110. The van der Waals surface area contributed by atoms with E-state index in [9.17, 15) is 9.18 Å². The second-order valence-corrected chi connectivity index (χ2v) is 7.07. The van der Waals surface area contributed by atoms with E-state index in [1.165, 1.54) is 12.1 Å². The molecule has 1 aromatic heterocycles. The van der Waals surface area contributed by atoms with Crippen molar-refractivity contribution in [1.29, 1.82) is 0 Å². The molecule has 0 aliphatic carbocycles. The Morgan fingerprint density at radius 3 is 2.67 bits per heavy atom. The molecule has 1 aliphatic rings. The number of anilines is 1. The summed E-state index contributed by atoms with van der Waals surface area (Å²) in [5.41, 5.74) is 4.15. The molecule has 1 aliphatic heterocycles. The van der Waals surface area contributed by atoms with Crippen molar-refractivity contribution in [2.24, 2.45) is 0 Å². The van der Waals surface area contributed by atoms with Crippen LogP contribution in [0.2, 0.25) is 10.2 Å². The Balaban J connectivity index is 1.72. The number of nitrogens with zero attached hydrogens (tertiary/aromatic N) is 2.